The molecule has 5 aliphatic rings. The van der Waals surface area contributed by atoms with Gasteiger partial charge in [-0.15, -0.1) is 0 Å². The van der Waals surface area contributed by atoms with E-state index < -0.39 is 64.0 Å². The minimum atomic E-state index is -4.76. The number of benzene rings is 2. The molecule has 0 spiro atoms. The molecule has 1 aromatic heterocycles. The van der Waals surface area contributed by atoms with Crippen LogP contribution < -0.4 is 25.2 Å². The number of pyridine rings is 1. The van der Waals surface area contributed by atoms with Crippen molar-refractivity contribution in [2.75, 3.05) is 49.1 Å². The molecule has 3 aromatic rings. The SMILES string of the molecule is CC1(C)[C@H](NC(=O)c2ccc(N3CCN(C4CCN(c5ccc6c(c5)C(=O)N(C5CCC(=O)NC5=O)C6=O)CC4)CC3)cc2)C(C)(C)[C@H]1Oc1cnc(C#N)c(C(F)(F)F)c1. The Hall–Kier alpha value is -6.02. The monoisotopic (exact) mass is 840 g/mol. The Bertz CT molecular complexity index is 2310. The van der Waals surface area contributed by atoms with Crippen LogP contribution in [-0.4, -0.2) is 108 Å². The van der Waals surface area contributed by atoms with Crippen LogP contribution in [0.1, 0.15) is 95.7 Å². The van der Waals surface area contributed by atoms with Gasteiger partial charge in [-0.1, -0.05) is 27.7 Å². The van der Waals surface area contributed by atoms with Gasteiger partial charge in [-0.05, 0) is 67.8 Å². The molecule has 2 aromatic carbocycles. The highest BCUT2D eigenvalue weighted by molar-refractivity contribution is 6.23. The number of carbonyl (C=O) groups is 5. The summed E-state index contributed by atoms with van der Waals surface area (Å²) in [6, 6.07) is 14.1. The third kappa shape index (κ3) is 7.55. The molecule has 4 fully saturated rings. The summed E-state index contributed by atoms with van der Waals surface area (Å²) in [7, 11) is 0. The fraction of sp³-hybridized carbons (Fsp3) is 0.477. The lowest BCUT2D eigenvalue weighted by Crippen LogP contribution is -2.74. The second-order valence-corrected chi connectivity index (χ2v) is 17.7. The summed E-state index contributed by atoms with van der Waals surface area (Å²) in [5, 5.41) is 14.5. The molecule has 0 radical (unpaired) electrons. The van der Waals surface area contributed by atoms with Gasteiger partial charge in [0.15, 0.2) is 5.69 Å². The van der Waals surface area contributed by atoms with Crippen LogP contribution in [0.25, 0.3) is 0 Å². The highest BCUT2D eigenvalue weighted by Crippen LogP contribution is 2.55. The first kappa shape index (κ1) is 41.7. The Labute approximate surface area is 351 Å². The van der Waals surface area contributed by atoms with Gasteiger partial charge in [-0.25, -0.2) is 4.98 Å². The van der Waals surface area contributed by atoms with E-state index in [4.69, 9.17) is 10.00 Å². The molecule has 61 heavy (non-hydrogen) atoms. The number of nitrogens with one attached hydrogen (secondary N) is 2. The molecule has 1 atom stereocenters. The maximum absolute atomic E-state index is 13.6. The molecule has 1 saturated carbocycles. The third-order valence-electron chi connectivity index (χ3n) is 13.2. The van der Waals surface area contributed by atoms with Gasteiger partial charge in [0.05, 0.1) is 22.9 Å². The standard InChI is InChI=1S/C44H47F3N8O6/c1-42(2)40(43(3,4)41(42)61-29-22-32(44(45,46)47)33(23-48)49-24-29)51-36(57)25-5-7-26(8-6-25)53-17-19-54(20-18-53)27-13-15-52(16-14-27)28-9-10-30-31(21-28)39(60)55(38(30)59)34-11-12-35(56)50-37(34)58/h5-10,21-22,24,27,34,40-41H,11-20H2,1-4H3,(H,51,57)(H,50,56,58)/t34?,40-,41-. The Kier molecular flexibility index (Phi) is 10.6. The van der Waals surface area contributed by atoms with Crippen molar-refractivity contribution in [3.63, 3.8) is 0 Å². The normalized spacial score (nSPS) is 24.2. The number of piperidine rings is 2. The average molecular weight is 841 g/mol. The topological polar surface area (TPSA) is 168 Å². The zero-order valence-electron chi connectivity index (χ0n) is 34.3. The highest BCUT2D eigenvalue weighted by Gasteiger charge is 2.64. The molecule has 0 bridgehead atoms. The van der Waals surface area contributed by atoms with E-state index in [1.54, 1.807) is 24.3 Å². The molecule has 2 N–H and O–H groups in total. The number of ether oxygens (including phenoxy) is 1. The number of fused-ring (bicyclic) bond motifs is 1. The summed E-state index contributed by atoms with van der Waals surface area (Å²) in [6.07, 6.45) is -2.15. The molecular formula is C44H47F3N8O6. The smallest absolute Gasteiger partial charge is 0.419 e. The first-order valence-electron chi connectivity index (χ1n) is 20.5. The summed E-state index contributed by atoms with van der Waals surface area (Å²) in [5.74, 6) is -2.43. The van der Waals surface area contributed by atoms with Crippen molar-refractivity contribution in [1.82, 2.24) is 25.4 Å². The van der Waals surface area contributed by atoms with E-state index in [1.807, 2.05) is 45.9 Å². The van der Waals surface area contributed by atoms with Crippen LogP contribution in [-0.2, 0) is 15.8 Å². The Morgan fingerprint density at radius 2 is 1.48 bits per heavy atom. The highest BCUT2D eigenvalue weighted by atomic mass is 19.4. The molecule has 1 unspecified atom stereocenters. The number of nitriles is 1. The van der Waals surface area contributed by atoms with Gasteiger partial charge in [0.1, 0.15) is 24.0 Å². The number of amides is 5. The minimum Gasteiger partial charge on any atom is -0.488 e. The molecule has 5 heterocycles. The van der Waals surface area contributed by atoms with E-state index in [1.165, 1.54) is 6.07 Å². The number of hydrogen-bond donors (Lipinski definition) is 2. The van der Waals surface area contributed by atoms with Gasteiger partial charge in [0, 0.05) is 85.5 Å². The summed E-state index contributed by atoms with van der Waals surface area (Å²) >= 11 is 0. The number of imide groups is 2. The lowest BCUT2D eigenvalue weighted by Gasteiger charge is -2.63. The van der Waals surface area contributed by atoms with Crippen LogP contribution >= 0.6 is 0 Å². The van der Waals surface area contributed by atoms with Crippen LogP contribution in [0.5, 0.6) is 5.75 Å². The number of alkyl halides is 3. The summed E-state index contributed by atoms with van der Waals surface area (Å²) in [6.45, 7) is 12.5. The van der Waals surface area contributed by atoms with Crippen molar-refractivity contribution in [3.05, 3.63) is 82.7 Å². The summed E-state index contributed by atoms with van der Waals surface area (Å²) in [4.78, 5) is 75.8. The Morgan fingerprint density at radius 3 is 2.10 bits per heavy atom. The second-order valence-electron chi connectivity index (χ2n) is 17.7. The van der Waals surface area contributed by atoms with E-state index in [0.29, 0.717) is 11.6 Å². The van der Waals surface area contributed by atoms with Crippen molar-refractivity contribution in [2.24, 2.45) is 10.8 Å². The molecule has 320 valence electrons. The molecule has 14 nitrogen and oxygen atoms in total. The maximum atomic E-state index is 13.6. The number of rotatable bonds is 8. The summed E-state index contributed by atoms with van der Waals surface area (Å²) < 4.78 is 46.7. The lowest BCUT2D eigenvalue weighted by atomic mass is 9.49. The molecule has 1 aliphatic carbocycles. The zero-order chi connectivity index (χ0) is 43.6. The summed E-state index contributed by atoms with van der Waals surface area (Å²) in [5.41, 5.74) is -0.270. The first-order valence-corrected chi connectivity index (χ1v) is 20.5. The molecule has 17 heteroatoms. The number of piperazine rings is 1. The largest absolute Gasteiger partial charge is 0.488 e. The van der Waals surface area contributed by atoms with Crippen molar-refractivity contribution in [3.8, 4) is 11.8 Å². The molecule has 4 aliphatic heterocycles. The van der Waals surface area contributed by atoms with Gasteiger partial charge in [0.25, 0.3) is 17.7 Å². The van der Waals surface area contributed by atoms with Crippen molar-refractivity contribution in [1.29, 1.82) is 5.26 Å². The molecule has 8 rings (SSSR count). The third-order valence-corrected chi connectivity index (χ3v) is 13.2. The van der Waals surface area contributed by atoms with E-state index in [-0.39, 0.29) is 41.7 Å². The first-order chi connectivity index (χ1) is 28.9. The number of aromatic nitrogens is 1. The fourth-order valence-corrected chi connectivity index (χ4v) is 10.3. The Balaban J connectivity index is 0.815. The van der Waals surface area contributed by atoms with Crippen LogP contribution in [0.4, 0.5) is 24.5 Å². The van der Waals surface area contributed by atoms with E-state index in [0.717, 1.165) is 80.6 Å². The predicted molar refractivity (Wildman–Crippen MR) is 216 cm³/mol. The number of hydrogen-bond acceptors (Lipinski definition) is 11. The van der Waals surface area contributed by atoms with Crippen molar-refractivity contribution >= 4 is 40.9 Å². The lowest BCUT2D eigenvalue weighted by molar-refractivity contribution is -0.165. The predicted octanol–water partition coefficient (Wildman–Crippen LogP) is 4.78. The minimum absolute atomic E-state index is 0.0696. The second kappa shape index (κ2) is 15.5. The van der Waals surface area contributed by atoms with Gasteiger partial charge in [-0.3, -0.25) is 39.1 Å². The Morgan fingerprint density at radius 1 is 0.852 bits per heavy atom. The number of carbonyl (C=O) groups excluding carboxylic acids is 5. The number of nitrogens with zero attached hydrogens (tertiary/aromatic N) is 6. The molecule has 5 amide bonds. The van der Waals surface area contributed by atoms with Gasteiger partial charge in [0.2, 0.25) is 11.8 Å². The van der Waals surface area contributed by atoms with Gasteiger partial charge in [-0.2, -0.15) is 18.4 Å². The van der Waals surface area contributed by atoms with Gasteiger partial charge >= 0.3 is 6.18 Å². The molecular weight excluding hydrogens is 794 g/mol. The fourth-order valence-electron chi connectivity index (χ4n) is 10.3. The van der Waals surface area contributed by atoms with Crippen LogP contribution in [0.2, 0.25) is 0 Å². The van der Waals surface area contributed by atoms with Crippen LogP contribution in [0.15, 0.2) is 54.7 Å². The average Bonchev–Trinajstić information content (AvgIpc) is 3.49. The van der Waals surface area contributed by atoms with E-state index in [2.05, 4.69) is 30.3 Å². The quantitative estimate of drug-likeness (QED) is 0.300. The maximum Gasteiger partial charge on any atom is 0.419 e. The van der Waals surface area contributed by atoms with Crippen LogP contribution in [0.3, 0.4) is 0 Å². The van der Waals surface area contributed by atoms with Crippen molar-refractivity contribution < 1.29 is 41.9 Å². The number of anilines is 2. The number of halogens is 3. The zero-order valence-corrected chi connectivity index (χ0v) is 34.3. The van der Waals surface area contributed by atoms with Crippen LogP contribution in [0, 0.1) is 22.2 Å². The van der Waals surface area contributed by atoms with E-state index >= 15 is 0 Å². The van der Waals surface area contributed by atoms with Gasteiger partial charge < -0.3 is 19.9 Å². The van der Waals surface area contributed by atoms with E-state index in [9.17, 15) is 37.1 Å². The molecule has 3 saturated heterocycles. The van der Waals surface area contributed by atoms with Crippen molar-refractivity contribution in [2.45, 2.75) is 83.8 Å².